The third-order valence-electron chi connectivity index (χ3n) is 24.4. The van der Waals surface area contributed by atoms with Crippen molar-refractivity contribution < 1.29 is 0 Å². The van der Waals surface area contributed by atoms with Crippen LogP contribution in [0.5, 0.6) is 0 Å². The number of hydrogen-bond acceptors (Lipinski definition) is 6. The summed E-state index contributed by atoms with van der Waals surface area (Å²) in [6.45, 7) is 19.2. The van der Waals surface area contributed by atoms with Crippen LogP contribution in [0.3, 0.4) is 0 Å². The van der Waals surface area contributed by atoms with Crippen molar-refractivity contribution >= 4 is 43.6 Å². The molecule has 2 aliphatic carbocycles. The molecule has 0 amide bonds. The van der Waals surface area contributed by atoms with Crippen molar-refractivity contribution in [3.8, 4) is 124 Å². The Morgan fingerprint density at radius 3 is 1.04 bits per heavy atom. The van der Waals surface area contributed by atoms with Gasteiger partial charge in [0.15, 0.2) is 34.9 Å². The Kier molecular flexibility index (Phi) is 16.1. The van der Waals surface area contributed by atoms with Crippen LogP contribution in [0.4, 0.5) is 0 Å². The molecule has 18 aromatic rings. The average Bonchev–Trinajstić information content (AvgIpc) is 1.36. The highest BCUT2D eigenvalue weighted by molar-refractivity contribution is 6.14. The first-order valence-electron chi connectivity index (χ1n) is 38.1. The van der Waals surface area contributed by atoms with Crippen LogP contribution in [0.1, 0.15) is 77.6 Å². The van der Waals surface area contributed by atoms with Gasteiger partial charge in [-0.1, -0.05) is 328 Å². The van der Waals surface area contributed by atoms with Crippen LogP contribution in [0.25, 0.3) is 168 Å². The molecule has 0 radical (unpaired) electrons. The number of aromatic nitrogens is 8. The number of nitrogens with zero attached hydrogens (tertiary/aromatic N) is 8. The maximum absolute atomic E-state index is 5.16. The highest BCUT2D eigenvalue weighted by Crippen LogP contribution is 2.58. The lowest BCUT2D eigenvalue weighted by Crippen LogP contribution is -2.43. The number of rotatable bonds is 10. The lowest BCUT2D eigenvalue weighted by atomic mass is 9.55. The second-order valence-electron chi connectivity index (χ2n) is 31.4. The second kappa shape index (κ2) is 26.3. The minimum Gasteiger partial charge on any atom is -0.309 e. The molecule has 0 fully saturated rings. The molecule has 4 aromatic heterocycles. The third-order valence-corrected chi connectivity index (χ3v) is 24.4. The molecule has 2 aliphatic rings. The molecule has 8 nitrogen and oxygen atoms in total. The van der Waals surface area contributed by atoms with Crippen LogP contribution < -0.4 is 0 Å². The van der Waals surface area contributed by atoms with Crippen molar-refractivity contribution in [3.63, 3.8) is 0 Å². The highest BCUT2D eigenvalue weighted by Gasteiger charge is 2.48. The zero-order valence-electron chi connectivity index (χ0n) is 62.9. The van der Waals surface area contributed by atoms with Gasteiger partial charge in [0.05, 0.1) is 22.1 Å². The Morgan fingerprint density at radius 1 is 0.200 bits per heavy atom. The van der Waals surface area contributed by atoms with Crippen molar-refractivity contribution in [2.45, 2.75) is 77.0 Å². The van der Waals surface area contributed by atoms with Crippen molar-refractivity contribution in [1.29, 1.82) is 0 Å². The fourth-order valence-corrected chi connectivity index (χ4v) is 17.3. The van der Waals surface area contributed by atoms with Crippen LogP contribution in [0.15, 0.2) is 340 Å². The van der Waals surface area contributed by atoms with Crippen molar-refractivity contribution in [2.24, 2.45) is 0 Å². The lowest BCUT2D eigenvalue weighted by Gasteiger charge is -2.48. The molecule has 0 saturated heterocycles. The number of hydrogen-bond donors (Lipinski definition) is 0. The molecular weight excluding hydrogens is 1340 g/mol. The Balaban J connectivity index is 0.000000149. The second-order valence-corrected chi connectivity index (χ2v) is 31.4. The van der Waals surface area contributed by atoms with E-state index in [-0.39, 0.29) is 21.7 Å². The van der Waals surface area contributed by atoms with Gasteiger partial charge in [-0.3, -0.25) is 0 Å². The Morgan fingerprint density at radius 2 is 0.545 bits per heavy atom. The van der Waals surface area contributed by atoms with E-state index in [0.29, 0.717) is 34.9 Å². The Bertz CT molecular complexity index is 6390. The number of benzene rings is 14. The van der Waals surface area contributed by atoms with E-state index in [1.54, 1.807) is 0 Å². The zero-order chi connectivity index (χ0) is 74.6. The summed E-state index contributed by atoms with van der Waals surface area (Å²) in [5, 5.41) is 5.06. The number of para-hydroxylation sites is 2. The monoisotopic (exact) mass is 1420 g/mol. The smallest absolute Gasteiger partial charge is 0.164 e. The largest absolute Gasteiger partial charge is 0.309 e. The Hall–Kier alpha value is -13.3. The molecule has 4 heterocycles. The van der Waals surface area contributed by atoms with Gasteiger partial charge < -0.3 is 9.13 Å². The maximum Gasteiger partial charge on any atom is 0.164 e. The minimum absolute atomic E-state index is 0.0610. The van der Waals surface area contributed by atoms with Crippen molar-refractivity contribution in [2.75, 3.05) is 0 Å². The van der Waals surface area contributed by atoms with Gasteiger partial charge in [0, 0.05) is 71.7 Å². The normalized spacial score (nSPS) is 14.1. The van der Waals surface area contributed by atoms with Gasteiger partial charge in [-0.2, -0.15) is 0 Å². The molecule has 0 aliphatic heterocycles. The van der Waals surface area contributed by atoms with Crippen LogP contribution >= 0.6 is 0 Å². The molecular formula is C102H80N8. The van der Waals surface area contributed by atoms with Gasteiger partial charge >= 0.3 is 0 Å². The molecule has 0 unspecified atom stereocenters. The topological polar surface area (TPSA) is 87.2 Å². The first-order chi connectivity index (χ1) is 53.6. The van der Waals surface area contributed by atoms with E-state index in [1.807, 2.05) is 48.5 Å². The standard InChI is InChI=1S/2C51H40N4/c1-50(2)43-27-13-11-25-39(43)41-31-42-40-26-12-14-28-45(40)55(46(42)32-44(41)51(50,3)4)38-24-16-23-37(30-38)49-53-47(34-19-9-6-10-20-34)52-48(54-49)36-22-15-21-35(29-36)33-17-7-5-8-18-33;1-50(2)42-27-13-11-25-39(42)40-29-30-44-45(46(40)51(50,3)4)41-26-12-14-28-43(41)55(44)38-24-16-23-37(32-38)49-53-47(34-19-9-6-10-20-34)52-48(54-49)36-22-15-21-35(31-36)33-17-7-5-8-18-33/h2*5-32H,1-4H3. The first-order valence-corrected chi connectivity index (χ1v) is 38.1. The summed E-state index contributed by atoms with van der Waals surface area (Å²) < 4.78 is 4.84. The van der Waals surface area contributed by atoms with Gasteiger partial charge in [-0.25, -0.2) is 29.9 Å². The van der Waals surface area contributed by atoms with Crippen LogP contribution in [0, 0.1) is 0 Å². The molecule has 0 atom stereocenters. The van der Waals surface area contributed by atoms with Crippen LogP contribution in [0.2, 0.25) is 0 Å². The molecule has 8 heteroatoms. The van der Waals surface area contributed by atoms with Gasteiger partial charge in [-0.05, 0) is 150 Å². The minimum atomic E-state index is -0.139. The highest BCUT2D eigenvalue weighted by atomic mass is 15.1. The van der Waals surface area contributed by atoms with E-state index < -0.39 is 0 Å². The molecule has 0 N–H and O–H groups in total. The zero-order valence-corrected chi connectivity index (χ0v) is 62.9. The summed E-state index contributed by atoms with van der Waals surface area (Å²) in [5.41, 5.74) is 27.5. The SMILES string of the molecule is CC1(C)c2ccccc2-c2cc3c4ccccc4n(-c4cccc(-c5nc(-c6ccccc6)nc(-c6cccc(-c7ccccc7)c6)n5)c4)c3cc2C1(C)C.CC1(C)c2ccccc2-c2ccc3c(c2C1(C)C)c1ccccc1n3-c1cccc(-c2nc(-c3ccccc3)nc(-c3cccc(-c4ccccc4)c3)n2)c1. The summed E-state index contributed by atoms with van der Waals surface area (Å²) in [5.74, 6) is 3.83. The fraction of sp³-hybridized carbons (Fsp3) is 0.118. The van der Waals surface area contributed by atoms with E-state index in [1.165, 1.54) is 88.1 Å². The van der Waals surface area contributed by atoms with Gasteiger partial charge in [-0.15, -0.1) is 0 Å². The first kappa shape index (κ1) is 67.3. The molecule has 0 bridgehead atoms. The summed E-state index contributed by atoms with van der Waals surface area (Å²) in [6, 6.07) is 121. The summed E-state index contributed by atoms with van der Waals surface area (Å²) in [4.78, 5) is 30.6. The molecule has 14 aromatic carbocycles. The third kappa shape index (κ3) is 11.1. The maximum atomic E-state index is 5.16. The Labute approximate surface area is 641 Å². The summed E-state index contributed by atoms with van der Waals surface area (Å²) in [6.07, 6.45) is 0. The summed E-state index contributed by atoms with van der Waals surface area (Å²) in [7, 11) is 0. The van der Waals surface area contributed by atoms with Gasteiger partial charge in [0.2, 0.25) is 0 Å². The van der Waals surface area contributed by atoms with E-state index >= 15 is 0 Å². The quantitative estimate of drug-likeness (QED) is 0.136. The average molecular weight is 1420 g/mol. The van der Waals surface area contributed by atoms with Crippen LogP contribution in [-0.4, -0.2) is 39.0 Å². The lowest BCUT2D eigenvalue weighted by molar-refractivity contribution is 0.299. The molecule has 110 heavy (non-hydrogen) atoms. The van der Waals surface area contributed by atoms with E-state index in [4.69, 9.17) is 29.9 Å². The molecule has 0 saturated carbocycles. The van der Waals surface area contributed by atoms with Crippen molar-refractivity contribution in [3.05, 3.63) is 362 Å². The van der Waals surface area contributed by atoms with Gasteiger partial charge in [0.1, 0.15) is 0 Å². The predicted molar refractivity (Wildman–Crippen MR) is 455 cm³/mol. The predicted octanol–water partition coefficient (Wildman–Crippen LogP) is 25.7. The van der Waals surface area contributed by atoms with E-state index in [9.17, 15) is 0 Å². The molecule has 0 spiro atoms. The molecule has 20 rings (SSSR count). The van der Waals surface area contributed by atoms with E-state index in [0.717, 1.165) is 67.0 Å². The van der Waals surface area contributed by atoms with E-state index in [2.05, 4.69) is 356 Å². The summed E-state index contributed by atoms with van der Waals surface area (Å²) >= 11 is 0. The van der Waals surface area contributed by atoms with Gasteiger partial charge in [0.25, 0.3) is 0 Å². The fourth-order valence-electron chi connectivity index (χ4n) is 17.3. The van der Waals surface area contributed by atoms with Crippen LogP contribution in [-0.2, 0) is 21.7 Å². The van der Waals surface area contributed by atoms with Crippen molar-refractivity contribution in [1.82, 2.24) is 39.0 Å². The molecule has 528 valence electrons. The number of fused-ring (bicyclic) bond motifs is 13.